The van der Waals surface area contributed by atoms with Crippen molar-refractivity contribution in [1.29, 1.82) is 0 Å². The zero-order chi connectivity index (χ0) is 7.84. The van der Waals surface area contributed by atoms with Crippen molar-refractivity contribution in [1.82, 2.24) is 9.88 Å². The lowest BCUT2D eigenvalue weighted by molar-refractivity contribution is 0.441. The molecule has 2 nitrogen and oxygen atoms in total. The minimum absolute atomic E-state index is 0.815. The maximum atomic E-state index is 5.98. The third-order valence-corrected chi connectivity index (χ3v) is 2.13. The number of aromatic nitrogens is 1. The largest absolute Gasteiger partial charge is 0.373 e. The highest BCUT2D eigenvalue weighted by Gasteiger charge is 2.13. The Morgan fingerprint density at radius 1 is 1.64 bits per heavy atom. The molecular weight excluding hydrogens is 160 g/mol. The normalized spacial score (nSPS) is 16.2. The Balaban J connectivity index is 2.50. The Labute approximate surface area is 70.5 Å². The monoisotopic (exact) mass is 168 g/mol. The van der Waals surface area contributed by atoms with Gasteiger partial charge in [0.05, 0.1) is 11.6 Å². The Hall–Kier alpha value is -0.890. The molecule has 1 aromatic rings. The molecule has 0 saturated heterocycles. The first-order chi connectivity index (χ1) is 5.27. The maximum Gasteiger partial charge on any atom is 0.0655 e. The van der Waals surface area contributed by atoms with Crippen molar-refractivity contribution >= 4 is 16.6 Å². The summed E-state index contributed by atoms with van der Waals surface area (Å²) in [6.45, 7) is 0.915. The highest BCUT2D eigenvalue weighted by atomic mass is 35.5. The highest BCUT2D eigenvalue weighted by molar-refractivity contribution is 6.48. The third kappa shape index (κ3) is 1.03. The van der Waals surface area contributed by atoms with Crippen LogP contribution in [0.3, 0.4) is 0 Å². The Morgan fingerprint density at radius 3 is 3.27 bits per heavy atom. The van der Waals surface area contributed by atoms with Crippen LogP contribution in [0.4, 0.5) is 0 Å². The van der Waals surface area contributed by atoms with Crippen LogP contribution in [0.5, 0.6) is 0 Å². The molecule has 0 spiro atoms. The van der Waals surface area contributed by atoms with Crippen LogP contribution in [-0.2, 0) is 6.54 Å². The predicted octanol–water partition coefficient (Wildman–Crippen LogP) is 2.00. The van der Waals surface area contributed by atoms with Crippen LogP contribution in [0.25, 0.3) is 5.03 Å². The van der Waals surface area contributed by atoms with E-state index in [-0.39, 0.29) is 0 Å². The first-order valence-electron chi connectivity index (χ1n) is 3.51. The second-order valence-electron chi connectivity index (χ2n) is 2.76. The summed E-state index contributed by atoms with van der Waals surface area (Å²) in [6, 6.07) is 2.00. The zero-order valence-electron chi connectivity index (χ0n) is 6.26. The van der Waals surface area contributed by atoms with E-state index in [0.717, 1.165) is 17.1 Å². The van der Waals surface area contributed by atoms with Gasteiger partial charge in [0.2, 0.25) is 0 Å². The molecule has 2 heterocycles. The quantitative estimate of drug-likeness (QED) is 0.628. The SMILES string of the molecule is CN1C=C(Cl)c2cc[nH]c2C1. The van der Waals surface area contributed by atoms with Gasteiger partial charge < -0.3 is 9.88 Å². The molecule has 11 heavy (non-hydrogen) atoms. The lowest BCUT2D eigenvalue weighted by atomic mass is 10.2. The molecule has 1 aliphatic rings. The lowest BCUT2D eigenvalue weighted by Gasteiger charge is -2.19. The predicted molar refractivity (Wildman–Crippen MR) is 46.1 cm³/mol. The maximum absolute atomic E-state index is 5.98. The van der Waals surface area contributed by atoms with Gasteiger partial charge in [-0.1, -0.05) is 11.6 Å². The molecule has 0 fully saturated rings. The second-order valence-corrected chi connectivity index (χ2v) is 3.17. The van der Waals surface area contributed by atoms with E-state index in [4.69, 9.17) is 11.6 Å². The van der Waals surface area contributed by atoms with Crippen LogP contribution in [0, 0.1) is 0 Å². The van der Waals surface area contributed by atoms with Crippen molar-refractivity contribution in [2.45, 2.75) is 6.54 Å². The van der Waals surface area contributed by atoms with E-state index < -0.39 is 0 Å². The van der Waals surface area contributed by atoms with E-state index in [1.165, 1.54) is 5.69 Å². The van der Waals surface area contributed by atoms with Gasteiger partial charge >= 0.3 is 0 Å². The molecule has 0 bridgehead atoms. The van der Waals surface area contributed by atoms with Crippen LogP contribution >= 0.6 is 11.6 Å². The summed E-state index contributed by atoms with van der Waals surface area (Å²) >= 11 is 5.98. The number of nitrogens with zero attached hydrogens (tertiary/aromatic N) is 1. The topological polar surface area (TPSA) is 19.0 Å². The van der Waals surface area contributed by atoms with Gasteiger partial charge in [0, 0.05) is 30.7 Å². The van der Waals surface area contributed by atoms with E-state index in [0.29, 0.717) is 0 Å². The van der Waals surface area contributed by atoms with E-state index >= 15 is 0 Å². The van der Waals surface area contributed by atoms with Crippen molar-refractivity contribution in [3.05, 3.63) is 29.7 Å². The molecule has 0 unspecified atom stereocenters. The fourth-order valence-electron chi connectivity index (χ4n) is 1.32. The van der Waals surface area contributed by atoms with Gasteiger partial charge in [0.15, 0.2) is 0 Å². The van der Waals surface area contributed by atoms with Crippen LogP contribution in [0.15, 0.2) is 18.5 Å². The molecular formula is C8H9ClN2. The molecule has 58 valence electrons. The van der Waals surface area contributed by atoms with Crippen LogP contribution in [-0.4, -0.2) is 16.9 Å². The number of hydrogen-bond donors (Lipinski definition) is 1. The number of fused-ring (bicyclic) bond motifs is 1. The summed E-state index contributed by atoms with van der Waals surface area (Å²) in [5.74, 6) is 0. The molecule has 0 amide bonds. The van der Waals surface area contributed by atoms with Gasteiger partial charge in [-0.2, -0.15) is 0 Å². The lowest BCUT2D eigenvalue weighted by Crippen LogP contribution is -2.15. The van der Waals surface area contributed by atoms with Gasteiger partial charge in [-0.15, -0.1) is 0 Å². The van der Waals surface area contributed by atoms with Crippen LogP contribution in [0.1, 0.15) is 11.3 Å². The van der Waals surface area contributed by atoms with Crippen molar-refractivity contribution in [3.63, 3.8) is 0 Å². The number of hydrogen-bond acceptors (Lipinski definition) is 1. The first-order valence-corrected chi connectivity index (χ1v) is 3.89. The molecule has 0 radical (unpaired) electrons. The summed E-state index contributed by atoms with van der Waals surface area (Å²) in [6.07, 6.45) is 3.86. The van der Waals surface area contributed by atoms with Crippen molar-refractivity contribution in [3.8, 4) is 0 Å². The standard InChI is InChI=1S/C8H9ClN2/c1-11-4-7(9)6-2-3-10-8(6)5-11/h2-4,10H,5H2,1H3. The van der Waals surface area contributed by atoms with Gasteiger partial charge in [0.1, 0.15) is 0 Å². The number of nitrogens with one attached hydrogen (secondary N) is 1. The summed E-state index contributed by atoms with van der Waals surface area (Å²) in [5, 5.41) is 0.815. The number of H-pyrrole nitrogens is 1. The molecule has 1 aliphatic heterocycles. The summed E-state index contributed by atoms with van der Waals surface area (Å²) in [7, 11) is 2.01. The molecule has 1 aromatic heterocycles. The smallest absolute Gasteiger partial charge is 0.0655 e. The average Bonchev–Trinajstić information content (AvgIpc) is 2.34. The second kappa shape index (κ2) is 2.31. The van der Waals surface area contributed by atoms with Crippen LogP contribution in [0.2, 0.25) is 0 Å². The van der Waals surface area contributed by atoms with Gasteiger partial charge in [-0.05, 0) is 6.07 Å². The Kier molecular flexibility index (Phi) is 1.43. The van der Waals surface area contributed by atoms with Gasteiger partial charge in [-0.25, -0.2) is 0 Å². The van der Waals surface area contributed by atoms with Gasteiger partial charge in [-0.3, -0.25) is 0 Å². The van der Waals surface area contributed by atoms with Crippen molar-refractivity contribution < 1.29 is 0 Å². The number of aromatic amines is 1. The molecule has 0 aromatic carbocycles. The minimum atomic E-state index is 0.815. The average molecular weight is 169 g/mol. The van der Waals surface area contributed by atoms with Crippen molar-refractivity contribution in [2.75, 3.05) is 7.05 Å². The number of halogens is 1. The highest BCUT2D eigenvalue weighted by Crippen LogP contribution is 2.27. The Morgan fingerprint density at radius 2 is 2.45 bits per heavy atom. The van der Waals surface area contributed by atoms with E-state index in [1.54, 1.807) is 0 Å². The molecule has 3 heteroatoms. The summed E-state index contributed by atoms with van der Waals surface area (Å²) in [5.41, 5.74) is 2.32. The number of rotatable bonds is 0. The molecule has 0 aliphatic carbocycles. The molecule has 2 rings (SSSR count). The van der Waals surface area contributed by atoms with E-state index in [2.05, 4.69) is 9.88 Å². The molecule has 0 saturated carbocycles. The fraction of sp³-hybridized carbons (Fsp3) is 0.250. The van der Waals surface area contributed by atoms with E-state index in [1.807, 2.05) is 25.5 Å². The first kappa shape index (κ1) is 6.80. The van der Waals surface area contributed by atoms with E-state index in [9.17, 15) is 0 Å². The Bertz CT molecular complexity index is 301. The fourth-order valence-corrected chi connectivity index (χ4v) is 1.66. The summed E-state index contributed by atoms with van der Waals surface area (Å²) in [4.78, 5) is 5.21. The van der Waals surface area contributed by atoms with Gasteiger partial charge in [0.25, 0.3) is 0 Å². The molecule has 1 N–H and O–H groups in total. The molecule has 0 atom stereocenters. The summed E-state index contributed by atoms with van der Waals surface area (Å²) < 4.78 is 0. The third-order valence-electron chi connectivity index (χ3n) is 1.83. The minimum Gasteiger partial charge on any atom is -0.373 e. The zero-order valence-corrected chi connectivity index (χ0v) is 7.02. The van der Waals surface area contributed by atoms with Crippen LogP contribution < -0.4 is 0 Å². The van der Waals surface area contributed by atoms with Crippen molar-refractivity contribution in [2.24, 2.45) is 0 Å².